The van der Waals surface area contributed by atoms with Crippen molar-refractivity contribution in [2.45, 2.75) is 63.5 Å². The molecule has 42 heavy (non-hydrogen) atoms. The van der Waals surface area contributed by atoms with Gasteiger partial charge in [0, 0.05) is 0 Å². The second-order valence-electron chi connectivity index (χ2n) is 9.45. The van der Waals surface area contributed by atoms with Crippen molar-refractivity contribution >= 4 is 32.2 Å². The molecule has 0 spiro atoms. The van der Waals surface area contributed by atoms with Gasteiger partial charge in [-0.15, -0.1) is 0 Å². The van der Waals surface area contributed by atoms with E-state index in [9.17, 15) is 26.4 Å². The van der Waals surface area contributed by atoms with E-state index in [4.69, 9.17) is 17.8 Å². The molecule has 2 unspecified atom stereocenters. The molecule has 0 aliphatic heterocycles. The minimum Gasteiger partial charge on any atom is -0.464 e. The predicted octanol–water partition coefficient (Wildman–Crippen LogP) is 4.94. The highest BCUT2D eigenvalue weighted by molar-refractivity contribution is 7.87. The first-order chi connectivity index (χ1) is 19.7. The van der Waals surface area contributed by atoms with E-state index in [0.717, 1.165) is 18.2 Å². The zero-order chi connectivity index (χ0) is 31.2. The van der Waals surface area contributed by atoms with Crippen LogP contribution < -0.4 is 0 Å². The molecule has 3 rings (SSSR count). The van der Waals surface area contributed by atoms with E-state index in [-0.39, 0.29) is 13.2 Å². The summed E-state index contributed by atoms with van der Waals surface area (Å²) in [6, 6.07) is 14.6. The molecule has 2 atom stereocenters. The van der Waals surface area contributed by atoms with Gasteiger partial charge in [0.05, 0.1) is 23.0 Å². The third kappa shape index (κ3) is 7.43. The van der Waals surface area contributed by atoms with Gasteiger partial charge >= 0.3 is 11.9 Å². The van der Waals surface area contributed by atoms with Gasteiger partial charge in [-0.1, -0.05) is 42.5 Å². The number of ether oxygens (including phenoxy) is 2. The molecule has 12 heteroatoms. The van der Waals surface area contributed by atoms with Gasteiger partial charge in [0.2, 0.25) is 0 Å². The molecule has 0 bridgehead atoms. The summed E-state index contributed by atoms with van der Waals surface area (Å²) < 4.78 is 74.6. The summed E-state index contributed by atoms with van der Waals surface area (Å²) in [4.78, 5) is 24.6. The highest BCUT2D eigenvalue weighted by Gasteiger charge is 2.35. The van der Waals surface area contributed by atoms with Gasteiger partial charge in [0.1, 0.15) is 0 Å². The Morgan fingerprint density at radius 2 is 0.905 bits per heavy atom. The highest BCUT2D eigenvalue weighted by atomic mass is 32.2. The van der Waals surface area contributed by atoms with Crippen molar-refractivity contribution in [1.82, 2.24) is 0 Å². The quantitative estimate of drug-likeness (QED) is 0.203. The summed E-state index contributed by atoms with van der Waals surface area (Å²) >= 11 is 0. The van der Waals surface area contributed by atoms with E-state index in [1.807, 2.05) is 0 Å². The topological polar surface area (TPSA) is 139 Å². The lowest BCUT2D eigenvalue weighted by atomic mass is 9.98. The zero-order valence-corrected chi connectivity index (χ0v) is 25.9. The Bertz CT molecular complexity index is 1520. The van der Waals surface area contributed by atoms with E-state index in [0.29, 0.717) is 33.4 Å². The molecule has 0 saturated carbocycles. The van der Waals surface area contributed by atoms with E-state index in [1.54, 1.807) is 77.9 Å². The lowest BCUT2D eigenvalue weighted by Gasteiger charge is -2.21. The first-order valence-electron chi connectivity index (χ1n) is 13.2. The Hall–Kier alpha value is -3.58. The standard InChI is InChI=1S/C30H34O10S2/c1-7-37-29(31)27(25-19(3)12-9-13-20(25)4)39-41(33,34)23-16-11-17-24(18-23)42(35,36)40-28(30(32)38-8-2)26-21(5)14-10-15-22(26)6/h9-18,27-28H,7-8H2,1-6H3. The van der Waals surface area contributed by atoms with E-state index < -0.39 is 54.2 Å². The van der Waals surface area contributed by atoms with Crippen molar-refractivity contribution in [2.24, 2.45) is 0 Å². The second-order valence-corrected chi connectivity index (χ2v) is 12.6. The second kappa shape index (κ2) is 13.6. The third-order valence-corrected chi connectivity index (χ3v) is 8.99. The molecule has 3 aromatic carbocycles. The van der Waals surface area contributed by atoms with Crippen LogP contribution in [0.5, 0.6) is 0 Å². The van der Waals surface area contributed by atoms with Crippen LogP contribution in [0.4, 0.5) is 0 Å². The highest BCUT2D eigenvalue weighted by Crippen LogP contribution is 2.33. The van der Waals surface area contributed by atoms with Crippen LogP contribution in [0.1, 0.15) is 59.4 Å². The van der Waals surface area contributed by atoms with Crippen molar-refractivity contribution in [3.05, 3.63) is 94.0 Å². The van der Waals surface area contributed by atoms with Crippen molar-refractivity contribution < 1.29 is 44.3 Å². The maximum Gasteiger partial charge on any atom is 0.341 e. The van der Waals surface area contributed by atoms with Crippen LogP contribution in [-0.2, 0) is 47.7 Å². The molecule has 0 saturated heterocycles. The lowest BCUT2D eigenvalue weighted by Crippen LogP contribution is -2.25. The van der Waals surface area contributed by atoms with Crippen molar-refractivity contribution in [3.63, 3.8) is 0 Å². The molecule has 0 aliphatic carbocycles. The van der Waals surface area contributed by atoms with Crippen LogP contribution in [0, 0.1) is 27.7 Å². The number of benzene rings is 3. The minimum atomic E-state index is -4.72. The summed E-state index contributed by atoms with van der Waals surface area (Å²) in [7, 11) is -9.44. The summed E-state index contributed by atoms with van der Waals surface area (Å²) in [6.45, 7) is 9.91. The maximum absolute atomic E-state index is 13.4. The molecule has 0 fully saturated rings. The number of hydrogen-bond acceptors (Lipinski definition) is 10. The molecule has 0 aliphatic rings. The number of rotatable bonds is 12. The molecule has 0 N–H and O–H groups in total. The van der Waals surface area contributed by atoms with Crippen molar-refractivity contribution in [3.8, 4) is 0 Å². The normalized spacial score (nSPS) is 13.3. The molecule has 0 heterocycles. The number of esters is 2. The summed E-state index contributed by atoms with van der Waals surface area (Å²) in [5.74, 6) is -1.84. The summed E-state index contributed by atoms with van der Waals surface area (Å²) in [6.07, 6.45) is -3.27. The van der Waals surface area contributed by atoms with Gasteiger partial charge in [0.15, 0.2) is 12.2 Å². The number of carbonyl (C=O) groups is 2. The Kier molecular flexibility index (Phi) is 10.7. The molecule has 0 radical (unpaired) electrons. The molecule has 0 amide bonds. The number of aryl methyl sites for hydroxylation is 4. The Labute approximate surface area is 246 Å². The van der Waals surface area contributed by atoms with Crippen LogP contribution in [0.2, 0.25) is 0 Å². The van der Waals surface area contributed by atoms with Gasteiger partial charge in [-0.05, 0) is 93.1 Å². The molecule has 3 aromatic rings. The molecule has 10 nitrogen and oxygen atoms in total. The van der Waals surface area contributed by atoms with Crippen LogP contribution in [0.15, 0.2) is 70.5 Å². The average molecular weight is 619 g/mol. The molecular weight excluding hydrogens is 584 g/mol. The Morgan fingerprint density at radius 3 is 1.21 bits per heavy atom. The lowest BCUT2D eigenvalue weighted by molar-refractivity contribution is -0.152. The number of carbonyl (C=O) groups excluding carboxylic acids is 2. The Morgan fingerprint density at radius 1 is 0.595 bits per heavy atom. The predicted molar refractivity (Wildman–Crippen MR) is 154 cm³/mol. The minimum absolute atomic E-state index is 0.0171. The van der Waals surface area contributed by atoms with Crippen molar-refractivity contribution in [2.75, 3.05) is 13.2 Å². The first kappa shape index (κ1) is 32.9. The smallest absolute Gasteiger partial charge is 0.341 e. The SMILES string of the molecule is CCOC(=O)C(OS(=O)(=O)c1cccc(S(=O)(=O)OC(C(=O)OCC)c2c(C)cccc2C)c1)c1c(C)cccc1C. The van der Waals surface area contributed by atoms with Gasteiger partial charge < -0.3 is 9.47 Å². The van der Waals surface area contributed by atoms with Gasteiger partial charge in [-0.3, -0.25) is 0 Å². The van der Waals surface area contributed by atoms with E-state index >= 15 is 0 Å². The van der Waals surface area contributed by atoms with Crippen LogP contribution in [-0.4, -0.2) is 42.0 Å². The summed E-state index contributed by atoms with van der Waals surface area (Å²) in [5, 5.41) is 0. The van der Waals surface area contributed by atoms with Crippen molar-refractivity contribution in [1.29, 1.82) is 0 Å². The van der Waals surface area contributed by atoms with Crippen LogP contribution in [0.25, 0.3) is 0 Å². The van der Waals surface area contributed by atoms with E-state index in [2.05, 4.69) is 0 Å². The fourth-order valence-electron chi connectivity index (χ4n) is 4.48. The van der Waals surface area contributed by atoms with Gasteiger partial charge in [0.25, 0.3) is 20.2 Å². The van der Waals surface area contributed by atoms with Gasteiger partial charge in [-0.25, -0.2) is 18.0 Å². The average Bonchev–Trinajstić information content (AvgIpc) is 2.92. The zero-order valence-electron chi connectivity index (χ0n) is 24.2. The molecule has 226 valence electrons. The first-order valence-corrected chi connectivity index (χ1v) is 16.0. The maximum atomic E-state index is 13.4. The fourth-order valence-corrected chi connectivity index (χ4v) is 6.66. The van der Waals surface area contributed by atoms with Gasteiger partial charge in [-0.2, -0.15) is 16.8 Å². The van der Waals surface area contributed by atoms with Crippen LogP contribution in [0.3, 0.4) is 0 Å². The molecule has 0 aromatic heterocycles. The van der Waals surface area contributed by atoms with Crippen LogP contribution >= 0.6 is 0 Å². The van der Waals surface area contributed by atoms with E-state index in [1.165, 1.54) is 6.07 Å². The Balaban J connectivity index is 2.03. The molecular formula is C30H34O10S2. The third-order valence-electron chi connectivity index (χ3n) is 6.44. The largest absolute Gasteiger partial charge is 0.464 e. The monoisotopic (exact) mass is 618 g/mol. The number of hydrogen-bond donors (Lipinski definition) is 0. The fraction of sp³-hybridized carbons (Fsp3) is 0.333. The summed E-state index contributed by atoms with van der Waals surface area (Å²) in [5.41, 5.74) is 3.04.